The number of hydrogen-bond acceptors (Lipinski definition) is 4. The van der Waals surface area contributed by atoms with Gasteiger partial charge in [-0.15, -0.1) is 11.3 Å². The maximum Gasteiger partial charge on any atom is 0.295 e. The van der Waals surface area contributed by atoms with Gasteiger partial charge in [-0.25, -0.2) is 23.1 Å². The number of carbonyl (C=O) groups excluding carboxylic acids is 1. The highest BCUT2D eigenvalue weighted by atomic mass is 32.1. The molecule has 28 heavy (non-hydrogen) atoms. The number of imidazole rings is 1. The Bertz CT molecular complexity index is 1140. The van der Waals surface area contributed by atoms with Crippen molar-refractivity contribution in [2.24, 2.45) is 0 Å². The van der Waals surface area contributed by atoms with Gasteiger partial charge in [0.15, 0.2) is 11.0 Å². The second kappa shape index (κ2) is 7.43. The minimum atomic E-state index is -2.71. The van der Waals surface area contributed by atoms with Gasteiger partial charge in [-0.3, -0.25) is 10.1 Å². The molecule has 0 aliphatic rings. The molecule has 0 radical (unpaired) electrons. The number of rotatable bonds is 5. The minimum Gasteiger partial charge on any atom is -0.337 e. The van der Waals surface area contributed by atoms with Gasteiger partial charge in [0, 0.05) is 23.1 Å². The van der Waals surface area contributed by atoms with Crippen LogP contribution < -0.4 is 5.32 Å². The third kappa shape index (κ3) is 3.89. The molecule has 142 valence electrons. The number of anilines is 1. The first-order valence-electron chi connectivity index (χ1n) is 8.26. The lowest BCUT2D eigenvalue weighted by Gasteiger charge is -2.01. The Balaban J connectivity index is 1.47. The van der Waals surface area contributed by atoms with Gasteiger partial charge in [-0.2, -0.15) is 0 Å². The zero-order chi connectivity index (χ0) is 19.7. The molecule has 2 aromatic carbocycles. The summed E-state index contributed by atoms with van der Waals surface area (Å²) in [5, 5.41) is 3.11. The van der Waals surface area contributed by atoms with Crippen molar-refractivity contribution in [2.45, 2.75) is 12.8 Å². The first kappa shape index (κ1) is 18.2. The van der Waals surface area contributed by atoms with E-state index in [2.05, 4.69) is 20.3 Å². The van der Waals surface area contributed by atoms with Crippen LogP contribution in [0.4, 0.5) is 18.3 Å². The van der Waals surface area contributed by atoms with E-state index in [-0.39, 0.29) is 5.82 Å². The van der Waals surface area contributed by atoms with E-state index in [1.54, 1.807) is 18.3 Å². The van der Waals surface area contributed by atoms with Crippen LogP contribution >= 0.6 is 11.3 Å². The van der Waals surface area contributed by atoms with Gasteiger partial charge in [-0.1, -0.05) is 12.1 Å². The number of halogens is 3. The van der Waals surface area contributed by atoms with Crippen molar-refractivity contribution in [3.05, 3.63) is 76.3 Å². The summed E-state index contributed by atoms with van der Waals surface area (Å²) in [4.78, 5) is 23.8. The fraction of sp³-hybridized carbons (Fsp3) is 0.105. The molecule has 0 aliphatic carbocycles. The molecule has 4 rings (SSSR count). The molecule has 0 saturated carbocycles. The summed E-state index contributed by atoms with van der Waals surface area (Å²) in [6, 6.07) is 10.7. The number of H-pyrrole nitrogens is 1. The zero-order valence-electron chi connectivity index (χ0n) is 14.2. The van der Waals surface area contributed by atoms with Crippen LogP contribution in [-0.4, -0.2) is 20.9 Å². The largest absolute Gasteiger partial charge is 0.337 e. The highest BCUT2D eigenvalue weighted by molar-refractivity contribution is 7.15. The van der Waals surface area contributed by atoms with Gasteiger partial charge in [0.05, 0.1) is 11.0 Å². The molecule has 0 aliphatic heterocycles. The van der Waals surface area contributed by atoms with E-state index in [4.69, 9.17) is 0 Å². The summed E-state index contributed by atoms with van der Waals surface area (Å²) >= 11 is 1.31. The van der Waals surface area contributed by atoms with Crippen LogP contribution in [0.2, 0.25) is 0 Å². The Hall–Kier alpha value is -3.20. The number of nitrogens with one attached hydrogen (secondary N) is 2. The molecule has 2 N–H and O–H groups in total. The SMILES string of the molecule is O=C(Nc1ncc(Cc2ccc(F)cc2)s1)c1ccc2nc(C(F)F)[nH]c2c1. The van der Waals surface area contributed by atoms with Crippen LogP contribution in [-0.2, 0) is 6.42 Å². The Morgan fingerprint density at radius 1 is 1.18 bits per heavy atom. The third-order valence-electron chi connectivity index (χ3n) is 4.03. The van der Waals surface area contributed by atoms with Crippen LogP contribution in [0.5, 0.6) is 0 Å². The normalized spacial score (nSPS) is 11.3. The lowest BCUT2D eigenvalue weighted by molar-refractivity contribution is 0.102. The van der Waals surface area contributed by atoms with E-state index in [0.717, 1.165) is 10.4 Å². The summed E-state index contributed by atoms with van der Waals surface area (Å²) in [5.74, 6) is -1.13. The van der Waals surface area contributed by atoms with Crippen LogP contribution in [0.1, 0.15) is 33.0 Å². The average molecular weight is 402 g/mol. The molecule has 5 nitrogen and oxygen atoms in total. The second-order valence-corrected chi connectivity index (χ2v) is 7.16. The fourth-order valence-corrected chi connectivity index (χ4v) is 3.54. The van der Waals surface area contributed by atoms with E-state index in [1.165, 1.54) is 41.7 Å². The minimum absolute atomic E-state index is 0.295. The predicted octanol–water partition coefficient (Wildman–Crippen LogP) is 4.94. The number of amides is 1. The molecule has 0 bridgehead atoms. The predicted molar refractivity (Wildman–Crippen MR) is 100 cm³/mol. The van der Waals surface area contributed by atoms with E-state index in [1.807, 2.05) is 0 Å². The molecule has 9 heteroatoms. The van der Waals surface area contributed by atoms with Crippen LogP contribution in [0, 0.1) is 5.82 Å². The Labute approximate surface area is 161 Å². The molecule has 0 saturated heterocycles. The molecule has 0 fully saturated rings. The topological polar surface area (TPSA) is 70.7 Å². The van der Waals surface area contributed by atoms with Gasteiger partial charge in [-0.05, 0) is 35.9 Å². The number of alkyl halides is 2. The van der Waals surface area contributed by atoms with Crippen molar-refractivity contribution in [1.82, 2.24) is 15.0 Å². The molecule has 1 amide bonds. The summed E-state index contributed by atoms with van der Waals surface area (Å²) < 4.78 is 38.4. The van der Waals surface area contributed by atoms with Gasteiger partial charge in [0.2, 0.25) is 0 Å². The number of thiazole rings is 1. The number of carbonyl (C=O) groups is 1. The molecule has 2 heterocycles. The molecular formula is C19H13F3N4OS. The van der Waals surface area contributed by atoms with Crippen molar-refractivity contribution in [3.63, 3.8) is 0 Å². The van der Waals surface area contributed by atoms with Crippen LogP contribution in [0.3, 0.4) is 0 Å². The number of nitrogens with zero attached hydrogens (tertiary/aromatic N) is 2. The first-order chi connectivity index (χ1) is 13.5. The highest BCUT2D eigenvalue weighted by Crippen LogP contribution is 2.24. The monoisotopic (exact) mass is 402 g/mol. The maximum absolute atomic E-state index is 13.0. The van der Waals surface area contributed by atoms with E-state index in [9.17, 15) is 18.0 Å². The molecular weight excluding hydrogens is 389 g/mol. The summed E-state index contributed by atoms with van der Waals surface area (Å²) in [6.07, 6.45) is -0.486. The fourth-order valence-electron chi connectivity index (χ4n) is 2.69. The van der Waals surface area contributed by atoms with Gasteiger partial charge in [0.1, 0.15) is 5.82 Å². The number of hydrogen-bond donors (Lipinski definition) is 2. The van der Waals surface area contributed by atoms with Gasteiger partial charge >= 0.3 is 0 Å². The molecule has 0 atom stereocenters. The maximum atomic E-state index is 13.0. The highest BCUT2D eigenvalue weighted by Gasteiger charge is 2.15. The number of benzene rings is 2. The zero-order valence-corrected chi connectivity index (χ0v) is 15.1. The number of aromatic amines is 1. The third-order valence-corrected chi connectivity index (χ3v) is 4.95. The first-order valence-corrected chi connectivity index (χ1v) is 9.08. The smallest absolute Gasteiger partial charge is 0.295 e. The Morgan fingerprint density at radius 3 is 2.71 bits per heavy atom. The lowest BCUT2D eigenvalue weighted by Crippen LogP contribution is -2.11. The van der Waals surface area contributed by atoms with Crippen molar-refractivity contribution in [3.8, 4) is 0 Å². The number of aromatic nitrogens is 3. The average Bonchev–Trinajstić information content (AvgIpc) is 3.29. The quantitative estimate of drug-likeness (QED) is 0.497. The Morgan fingerprint density at radius 2 is 1.96 bits per heavy atom. The summed E-state index contributed by atoms with van der Waals surface area (Å²) in [6.45, 7) is 0. The van der Waals surface area contributed by atoms with E-state index >= 15 is 0 Å². The van der Waals surface area contributed by atoms with Crippen LogP contribution in [0.25, 0.3) is 11.0 Å². The van der Waals surface area contributed by atoms with Gasteiger partial charge in [0.25, 0.3) is 12.3 Å². The molecule has 0 unspecified atom stereocenters. The second-order valence-electron chi connectivity index (χ2n) is 6.04. The van der Waals surface area contributed by atoms with Gasteiger partial charge < -0.3 is 4.98 Å². The summed E-state index contributed by atoms with van der Waals surface area (Å²) in [7, 11) is 0. The van der Waals surface area contributed by atoms with Crippen molar-refractivity contribution < 1.29 is 18.0 Å². The van der Waals surface area contributed by atoms with Crippen molar-refractivity contribution in [1.29, 1.82) is 0 Å². The van der Waals surface area contributed by atoms with Crippen LogP contribution in [0.15, 0.2) is 48.7 Å². The number of fused-ring (bicyclic) bond motifs is 1. The van der Waals surface area contributed by atoms with E-state index < -0.39 is 18.2 Å². The molecule has 2 aromatic heterocycles. The lowest BCUT2D eigenvalue weighted by atomic mass is 10.1. The molecule has 4 aromatic rings. The van der Waals surface area contributed by atoms with E-state index in [0.29, 0.717) is 28.1 Å². The molecule has 0 spiro atoms. The Kier molecular flexibility index (Phi) is 4.82. The van der Waals surface area contributed by atoms with Crippen molar-refractivity contribution in [2.75, 3.05) is 5.32 Å². The van der Waals surface area contributed by atoms with Crippen molar-refractivity contribution >= 4 is 33.4 Å². The standard InChI is InChI=1S/C19H13F3N4OS/c20-12-4-1-10(2-5-12)7-13-9-23-19(28-13)26-18(27)11-3-6-14-15(8-11)25-17(24-14)16(21)22/h1-6,8-9,16H,7H2,(H,24,25)(H,23,26,27). The summed E-state index contributed by atoms with van der Waals surface area (Å²) in [5.41, 5.74) is 1.96.